The molecule has 3 nitrogen and oxygen atoms in total. The zero-order valence-electron chi connectivity index (χ0n) is 10.3. The molecule has 0 saturated carbocycles. The fourth-order valence-electron chi connectivity index (χ4n) is 2.19. The maximum Gasteiger partial charge on any atom is 0.311 e. The summed E-state index contributed by atoms with van der Waals surface area (Å²) in [5.74, 6) is -1.63. The van der Waals surface area contributed by atoms with Gasteiger partial charge in [0.05, 0.1) is 5.92 Å². The smallest absolute Gasteiger partial charge is 0.311 e. The largest absolute Gasteiger partial charge is 0.481 e. The Morgan fingerprint density at radius 3 is 2.53 bits per heavy atom. The van der Waals surface area contributed by atoms with Crippen molar-refractivity contribution in [3.63, 3.8) is 0 Å². The molecule has 0 aliphatic heterocycles. The number of hydrogen-bond donors (Lipinski definition) is 1. The van der Waals surface area contributed by atoms with E-state index in [-0.39, 0.29) is 17.6 Å². The Hall–Kier alpha value is -1.64. The van der Waals surface area contributed by atoms with Crippen molar-refractivity contribution in [2.24, 2.45) is 0 Å². The minimum absolute atomic E-state index is 0.0311. The van der Waals surface area contributed by atoms with Gasteiger partial charge in [0.25, 0.3) is 0 Å². The number of rotatable bonds is 1. The molecule has 0 fully saturated rings. The maximum atomic E-state index is 11.8. The molecule has 1 atom stereocenters. The number of ketones is 1. The molecule has 0 radical (unpaired) electrons. The Morgan fingerprint density at radius 1 is 1.35 bits per heavy atom. The highest BCUT2D eigenvalue weighted by Crippen LogP contribution is 2.36. The number of benzene rings is 1. The second kappa shape index (κ2) is 3.69. The molecule has 90 valence electrons. The summed E-state index contributed by atoms with van der Waals surface area (Å²) in [6, 6.07) is 5.56. The van der Waals surface area contributed by atoms with Crippen molar-refractivity contribution in [1.29, 1.82) is 0 Å². The summed E-state index contributed by atoms with van der Waals surface area (Å²) in [6.45, 7) is 6.22. The van der Waals surface area contributed by atoms with Crippen LogP contribution in [0.25, 0.3) is 0 Å². The second-order valence-electron chi connectivity index (χ2n) is 5.57. The van der Waals surface area contributed by atoms with Crippen LogP contribution in [0.15, 0.2) is 18.2 Å². The summed E-state index contributed by atoms with van der Waals surface area (Å²) in [7, 11) is 0. The van der Waals surface area contributed by atoms with Gasteiger partial charge in [-0.2, -0.15) is 0 Å². The monoisotopic (exact) mass is 232 g/mol. The van der Waals surface area contributed by atoms with Gasteiger partial charge in [0.15, 0.2) is 5.78 Å². The van der Waals surface area contributed by atoms with Crippen LogP contribution in [-0.2, 0) is 10.2 Å². The van der Waals surface area contributed by atoms with Crippen LogP contribution in [0.4, 0.5) is 0 Å². The lowest BCUT2D eigenvalue weighted by molar-refractivity contribution is -0.138. The number of carboxylic acid groups (broad SMARTS) is 1. The van der Waals surface area contributed by atoms with E-state index in [1.54, 1.807) is 6.07 Å². The van der Waals surface area contributed by atoms with E-state index in [1.165, 1.54) is 0 Å². The van der Waals surface area contributed by atoms with E-state index >= 15 is 0 Å². The van der Waals surface area contributed by atoms with Crippen LogP contribution >= 0.6 is 0 Å². The molecule has 1 aliphatic carbocycles. The molecule has 0 aromatic heterocycles. The Morgan fingerprint density at radius 2 is 2.00 bits per heavy atom. The molecular formula is C14H16O3. The molecule has 0 spiro atoms. The highest BCUT2D eigenvalue weighted by atomic mass is 16.4. The predicted octanol–water partition coefficient (Wildman–Crippen LogP) is 2.74. The molecule has 1 aliphatic rings. The first kappa shape index (κ1) is 11.8. The van der Waals surface area contributed by atoms with Crippen molar-refractivity contribution in [3.8, 4) is 0 Å². The zero-order valence-corrected chi connectivity index (χ0v) is 10.3. The second-order valence-corrected chi connectivity index (χ2v) is 5.57. The number of carboxylic acids is 1. The van der Waals surface area contributed by atoms with Crippen molar-refractivity contribution >= 4 is 11.8 Å². The quantitative estimate of drug-likeness (QED) is 0.810. The van der Waals surface area contributed by atoms with E-state index in [0.29, 0.717) is 11.1 Å². The first-order valence-electron chi connectivity index (χ1n) is 5.71. The topological polar surface area (TPSA) is 54.4 Å². The predicted molar refractivity (Wildman–Crippen MR) is 64.5 cm³/mol. The number of Topliss-reactive ketones (excluding diaryl/α,β-unsaturated/α-hetero) is 1. The van der Waals surface area contributed by atoms with E-state index in [9.17, 15) is 9.59 Å². The van der Waals surface area contributed by atoms with Gasteiger partial charge in [-0.3, -0.25) is 9.59 Å². The third-order valence-electron chi connectivity index (χ3n) is 3.28. The van der Waals surface area contributed by atoms with Crippen molar-refractivity contribution in [3.05, 3.63) is 34.9 Å². The molecule has 1 aromatic rings. The van der Waals surface area contributed by atoms with E-state index in [1.807, 2.05) is 12.1 Å². The highest BCUT2D eigenvalue weighted by Gasteiger charge is 2.34. The van der Waals surface area contributed by atoms with Crippen LogP contribution in [0.2, 0.25) is 0 Å². The van der Waals surface area contributed by atoms with Gasteiger partial charge in [-0.25, -0.2) is 0 Å². The van der Waals surface area contributed by atoms with Gasteiger partial charge in [0, 0.05) is 12.0 Å². The lowest BCUT2D eigenvalue weighted by Crippen LogP contribution is -2.12. The van der Waals surface area contributed by atoms with Crippen molar-refractivity contribution in [2.75, 3.05) is 0 Å². The normalized spacial score (nSPS) is 19.2. The molecule has 1 aromatic carbocycles. The van der Waals surface area contributed by atoms with E-state index in [2.05, 4.69) is 20.8 Å². The Kier molecular flexibility index (Phi) is 2.57. The van der Waals surface area contributed by atoms with Crippen LogP contribution in [0, 0.1) is 0 Å². The Labute approximate surface area is 100 Å². The summed E-state index contributed by atoms with van der Waals surface area (Å²) >= 11 is 0. The van der Waals surface area contributed by atoms with Gasteiger partial charge >= 0.3 is 5.97 Å². The first-order chi connectivity index (χ1) is 7.80. The van der Waals surface area contributed by atoms with E-state index in [4.69, 9.17) is 5.11 Å². The SMILES string of the molecule is CC(C)(C)c1ccc2c(c1)C(=O)CC2C(=O)O. The molecule has 0 saturated heterocycles. The third-order valence-corrected chi connectivity index (χ3v) is 3.28. The van der Waals surface area contributed by atoms with Gasteiger partial charge in [-0.15, -0.1) is 0 Å². The van der Waals surface area contributed by atoms with E-state index in [0.717, 1.165) is 5.56 Å². The summed E-state index contributed by atoms with van der Waals surface area (Å²) in [5.41, 5.74) is 2.28. The van der Waals surface area contributed by atoms with Crippen LogP contribution in [0.5, 0.6) is 0 Å². The molecule has 17 heavy (non-hydrogen) atoms. The Balaban J connectivity index is 2.52. The van der Waals surface area contributed by atoms with Crippen LogP contribution < -0.4 is 0 Å². The number of fused-ring (bicyclic) bond motifs is 1. The number of carbonyl (C=O) groups excluding carboxylic acids is 1. The van der Waals surface area contributed by atoms with Gasteiger partial charge in [0.2, 0.25) is 0 Å². The minimum Gasteiger partial charge on any atom is -0.481 e. The van der Waals surface area contributed by atoms with Gasteiger partial charge in [0.1, 0.15) is 0 Å². The molecule has 0 amide bonds. The van der Waals surface area contributed by atoms with Crippen LogP contribution in [-0.4, -0.2) is 16.9 Å². The van der Waals surface area contributed by atoms with Crippen molar-refractivity contribution in [1.82, 2.24) is 0 Å². The first-order valence-corrected chi connectivity index (χ1v) is 5.71. The summed E-state index contributed by atoms with van der Waals surface area (Å²) in [6.07, 6.45) is 0.0955. The molecule has 0 bridgehead atoms. The molecule has 1 unspecified atom stereocenters. The summed E-state index contributed by atoms with van der Waals surface area (Å²) in [4.78, 5) is 22.8. The van der Waals surface area contributed by atoms with Crippen LogP contribution in [0.1, 0.15) is 54.6 Å². The fourth-order valence-corrected chi connectivity index (χ4v) is 2.19. The maximum absolute atomic E-state index is 11.8. The van der Waals surface area contributed by atoms with E-state index < -0.39 is 11.9 Å². The molecule has 3 heteroatoms. The molecule has 1 N–H and O–H groups in total. The number of hydrogen-bond acceptors (Lipinski definition) is 2. The minimum atomic E-state index is -0.916. The molecule has 2 rings (SSSR count). The summed E-state index contributed by atoms with van der Waals surface area (Å²) in [5, 5.41) is 9.05. The average molecular weight is 232 g/mol. The highest BCUT2D eigenvalue weighted by molar-refractivity contribution is 6.05. The van der Waals surface area contributed by atoms with Gasteiger partial charge in [-0.05, 0) is 22.6 Å². The molecule has 0 heterocycles. The van der Waals surface area contributed by atoms with Crippen LogP contribution in [0.3, 0.4) is 0 Å². The van der Waals surface area contributed by atoms with Gasteiger partial charge in [-0.1, -0.05) is 32.9 Å². The lowest BCUT2D eigenvalue weighted by Gasteiger charge is -2.20. The third kappa shape index (κ3) is 1.97. The summed E-state index contributed by atoms with van der Waals surface area (Å²) < 4.78 is 0. The number of carbonyl (C=O) groups is 2. The fraction of sp³-hybridized carbons (Fsp3) is 0.429. The Bertz CT molecular complexity index is 495. The van der Waals surface area contributed by atoms with Crippen molar-refractivity contribution < 1.29 is 14.7 Å². The van der Waals surface area contributed by atoms with Crippen molar-refractivity contribution in [2.45, 2.75) is 38.5 Å². The zero-order chi connectivity index (χ0) is 12.8. The molecular weight excluding hydrogens is 216 g/mol. The standard InChI is InChI=1S/C14H16O3/c1-14(2,3)8-4-5-9-10(6-8)12(15)7-11(9)13(16)17/h4-6,11H,7H2,1-3H3,(H,16,17). The number of aliphatic carboxylic acids is 1. The van der Waals surface area contributed by atoms with Gasteiger partial charge < -0.3 is 5.11 Å². The average Bonchev–Trinajstić information content (AvgIpc) is 2.55. The lowest BCUT2D eigenvalue weighted by atomic mass is 9.85.